The van der Waals surface area contributed by atoms with E-state index in [4.69, 9.17) is 9.47 Å². The van der Waals surface area contributed by atoms with Gasteiger partial charge in [-0.25, -0.2) is 4.98 Å². The molecule has 5 nitrogen and oxygen atoms in total. The first-order valence-electron chi connectivity index (χ1n) is 13.3. The molecular formula is C28H41F3N2O3. The third kappa shape index (κ3) is 10.7. The summed E-state index contributed by atoms with van der Waals surface area (Å²) in [6.45, 7) is 4.57. The average Bonchev–Trinajstić information content (AvgIpc) is 2.85. The summed E-state index contributed by atoms with van der Waals surface area (Å²) in [5.41, 5.74) is 0.385. The Kier molecular flexibility index (Phi) is 13.6. The predicted octanol–water partition coefficient (Wildman–Crippen LogP) is 8.57. The highest BCUT2D eigenvalue weighted by Gasteiger charge is 2.44. The van der Waals surface area contributed by atoms with Crippen molar-refractivity contribution in [3.8, 4) is 22.9 Å². The van der Waals surface area contributed by atoms with Crippen LogP contribution in [0, 0.1) is 0 Å². The Bertz CT molecular complexity index is 860. The fourth-order valence-corrected chi connectivity index (χ4v) is 3.97. The maximum Gasteiger partial charge on any atom is 0.420 e. The zero-order valence-electron chi connectivity index (χ0n) is 21.7. The van der Waals surface area contributed by atoms with Crippen molar-refractivity contribution in [3.63, 3.8) is 0 Å². The third-order valence-electron chi connectivity index (χ3n) is 6.03. The van der Waals surface area contributed by atoms with Crippen LogP contribution >= 0.6 is 0 Å². The summed E-state index contributed by atoms with van der Waals surface area (Å²) in [5, 5.41) is 9.60. The van der Waals surface area contributed by atoms with E-state index in [1.165, 1.54) is 62.6 Å². The normalized spacial score (nSPS) is 12.6. The summed E-state index contributed by atoms with van der Waals surface area (Å²) in [6, 6.07) is 5.82. The molecule has 0 aliphatic carbocycles. The molecule has 1 aromatic carbocycles. The molecule has 0 spiro atoms. The van der Waals surface area contributed by atoms with Crippen LogP contribution in [0.4, 0.5) is 13.2 Å². The molecule has 0 aliphatic rings. The Morgan fingerprint density at radius 1 is 0.806 bits per heavy atom. The number of aromatic nitrogens is 2. The average molecular weight is 511 g/mol. The number of phenols is 1. The molecule has 0 saturated carbocycles. The predicted molar refractivity (Wildman–Crippen MR) is 136 cm³/mol. The summed E-state index contributed by atoms with van der Waals surface area (Å²) in [6.07, 6.45) is 6.85. The minimum Gasteiger partial charge on any atom is -0.508 e. The third-order valence-corrected chi connectivity index (χ3v) is 6.03. The molecule has 202 valence electrons. The smallest absolute Gasteiger partial charge is 0.420 e. The lowest BCUT2D eigenvalue weighted by molar-refractivity contribution is -0.225. The Hall–Kier alpha value is -2.35. The summed E-state index contributed by atoms with van der Waals surface area (Å²) >= 11 is 0. The lowest BCUT2D eigenvalue weighted by atomic mass is 10.0. The fraction of sp³-hybridized carbons (Fsp3) is 0.643. The molecule has 1 unspecified atom stereocenters. The van der Waals surface area contributed by atoms with E-state index in [9.17, 15) is 18.3 Å². The van der Waals surface area contributed by atoms with E-state index in [-0.39, 0.29) is 29.6 Å². The van der Waals surface area contributed by atoms with Crippen molar-refractivity contribution < 1.29 is 27.8 Å². The van der Waals surface area contributed by atoms with E-state index in [0.717, 1.165) is 38.5 Å². The fourth-order valence-electron chi connectivity index (χ4n) is 3.97. The van der Waals surface area contributed by atoms with Gasteiger partial charge in [-0.2, -0.15) is 18.2 Å². The van der Waals surface area contributed by atoms with Crippen LogP contribution in [0.3, 0.4) is 0 Å². The van der Waals surface area contributed by atoms with Gasteiger partial charge in [0.1, 0.15) is 5.75 Å². The van der Waals surface area contributed by atoms with Crippen LogP contribution < -0.4 is 4.74 Å². The Labute approximate surface area is 213 Å². The number of unbranched alkanes of at least 4 members (excludes halogenated alkanes) is 10. The van der Waals surface area contributed by atoms with Gasteiger partial charge in [-0.05, 0) is 30.5 Å². The molecule has 36 heavy (non-hydrogen) atoms. The zero-order chi connectivity index (χ0) is 26.2. The van der Waals surface area contributed by atoms with Gasteiger partial charge in [0.25, 0.3) is 0 Å². The largest absolute Gasteiger partial charge is 0.508 e. The Morgan fingerprint density at radius 2 is 1.36 bits per heavy atom. The van der Waals surface area contributed by atoms with Crippen molar-refractivity contribution >= 4 is 0 Å². The molecular weight excluding hydrogens is 469 g/mol. The first-order chi connectivity index (χ1) is 17.4. The first kappa shape index (κ1) is 29.9. The Morgan fingerprint density at radius 3 is 1.97 bits per heavy atom. The summed E-state index contributed by atoms with van der Waals surface area (Å²) < 4.78 is 53.3. The van der Waals surface area contributed by atoms with Crippen LogP contribution in [0.1, 0.15) is 103 Å². The number of hydrogen-bond acceptors (Lipinski definition) is 5. The van der Waals surface area contributed by atoms with E-state index < -0.39 is 12.3 Å². The molecule has 0 fully saturated rings. The first-order valence-corrected chi connectivity index (χ1v) is 13.3. The minimum atomic E-state index is -4.65. The number of nitrogens with zero attached hydrogens (tertiary/aromatic N) is 2. The number of halogens is 3. The molecule has 1 atom stereocenters. The molecule has 0 bridgehead atoms. The molecule has 0 radical (unpaired) electrons. The molecule has 0 saturated heterocycles. The van der Waals surface area contributed by atoms with Gasteiger partial charge in [0, 0.05) is 18.4 Å². The van der Waals surface area contributed by atoms with Crippen molar-refractivity contribution in [2.45, 2.75) is 103 Å². The second kappa shape index (κ2) is 16.4. The van der Waals surface area contributed by atoms with Crippen LogP contribution in [0.25, 0.3) is 11.1 Å². The van der Waals surface area contributed by atoms with Gasteiger partial charge in [0.2, 0.25) is 0 Å². The van der Waals surface area contributed by atoms with E-state index >= 15 is 0 Å². The SMILES string of the molecule is CCCCCCCCCCOc1ncc(-c2ccc(O)cc2)c(C(OCCCCCC)C(F)(F)F)n1. The van der Waals surface area contributed by atoms with Crippen molar-refractivity contribution in [2.24, 2.45) is 0 Å². The van der Waals surface area contributed by atoms with Gasteiger partial charge in [0.05, 0.1) is 12.3 Å². The monoisotopic (exact) mass is 510 g/mol. The molecule has 1 heterocycles. The van der Waals surface area contributed by atoms with Crippen LogP contribution in [0.5, 0.6) is 11.8 Å². The molecule has 0 aliphatic heterocycles. The molecule has 0 amide bonds. The lowest BCUT2D eigenvalue weighted by Gasteiger charge is -2.23. The van der Waals surface area contributed by atoms with E-state index in [1.807, 2.05) is 6.92 Å². The van der Waals surface area contributed by atoms with Crippen LogP contribution in [-0.4, -0.2) is 34.5 Å². The molecule has 2 aromatic rings. The number of benzene rings is 1. The van der Waals surface area contributed by atoms with Crippen LogP contribution in [-0.2, 0) is 4.74 Å². The van der Waals surface area contributed by atoms with E-state index in [0.29, 0.717) is 18.6 Å². The second-order valence-electron chi connectivity index (χ2n) is 9.17. The minimum absolute atomic E-state index is 0.0162. The van der Waals surface area contributed by atoms with Gasteiger partial charge in [-0.1, -0.05) is 90.2 Å². The quantitative estimate of drug-likeness (QED) is 0.204. The lowest BCUT2D eigenvalue weighted by Crippen LogP contribution is -2.26. The van der Waals surface area contributed by atoms with Gasteiger partial charge in [0.15, 0.2) is 6.10 Å². The van der Waals surface area contributed by atoms with Crippen molar-refractivity contribution in [1.82, 2.24) is 9.97 Å². The van der Waals surface area contributed by atoms with Crippen LogP contribution in [0.15, 0.2) is 30.5 Å². The van der Waals surface area contributed by atoms with E-state index in [2.05, 4.69) is 16.9 Å². The van der Waals surface area contributed by atoms with Gasteiger partial charge >= 0.3 is 12.2 Å². The molecule has 2 rings (SSSR count). The Balaban J connectivity index is 2.12. The highest BCUT2D eigenvalue weighted by molar-refractivity contribution is 5.66. The van der Waals surface area contributed by atoms with Crippen molar-refractivity contribution in [2.75, 3.05) is 13.2 Å². The highest BCUT2D eigenvalue weighted by atomic mass is 19.4. The number of rotatable bonds is 18. The zero-order valence-corrected chi connectivity index (χ0v) is 21.7. The molecule has 1 N–H and O–H groups in total. The number of hydrogen-bond donors (Lipinski definition) is 1. The highest BCUT2D eigenvalue weighted by Crippen LogP contribution is 2.40. The number of ether oxygens (including phenoxy) is 2. The van der Waals surface area contributed by atoms with Gasteiger partial charge in [-0.15, -0.1) is 0 Å². The number of phenolic OH excluding ortho intramolecular Hbond substituents is 1. The second-order valence-corrected chi connectivity index (χ2v) is 9.17. The topological polar surface area (TPSA) is 64.5 Å². The standard InChI is InChI=1S/C28H41F3N2O3/c1-3-5-7-9-10-11-12-14-20-36-27-32-21-24(22-15-17-23(34)18-16-22)25(33-27)26(28(29,30)31)35-19-13-8-6-4-2/h15-18,21,26,34H,3-14,19-20H2,1-2H3. The number of alkyl halides is 3. The van der Waals surface area contributed by atoms with Crippen molar-refractivity contribution in [1.29, 1.82) is 0 Å². The van der Waals surface area contributed by atoms with E-state index in [1.54, 1.807) is 0 Å². The molecule has 8 heteroatoms. The number of aromatic hydroxyl groups is 1. The maximum absolute atomic E-state index is 14.1. The van der Waals surface area contributed by atoms with Gasteiger partial charge in [-0.3, -0.25) is 0 Å². The van der Waals surface area contributed by atoms with Crippen molar-refractivity contribution in [3.05, 3.63) is 36.2 Å². The van der Waals surface area contributed by atoms with Crippen LogP contribution in [0.2, 0.25) is 0 Å². The summed E-state index contributed by atoms with van der Waals surface area (Å²) in [5.74, 6) is 0.0195. The molecule has 1 aromatic heterocycles. The maximum atomic E-state index is 14.1. The summed E-state index contributed by atoms with van der Waals surface area (Å²) in [4.78, 5) is 8.35. The van der Waals surface area contributed by atoms with Gasteiger partial charge < -0.3 is 14.6 Å². The summed E-state index contributed by atoms with van der Waals surface area (Å²) in [7, 11) is 0.